The van der Waals surface area contributed by atoms with Gasteiger partial charge in [-0.2, -0.15) is 0 Å². The van der Waals surface area contributed by atoms with E-state index < -0.39 is 0 Å². The topological polar surface area (TPSA) is 8.17 Å². The zero-order chi connectivity index (χ0) is 34.9. The number of anilines is 2. The number of allylic oxidation sites excluding steroid dienone is 9. The molecule has 252 valence electrons. The van der Waals surface area contributed by atoms with Crippen LogP contribution < -0.4 is 4.90 Å². The van der Waals surface area contributed by atoms with Crippen molar-refractivity contribution in [2.75, 3.05) is 4.90 Å². The van der Waals surface area contributed by atoms with Crippen molar-refractivity contribution in [3.05, 3.63) is 192 Å². The fourth-order valence-electron chi connectivity index (χ4n) is 8.88. The van der Waals surface area contributed by atoms with Crippen LogP contribution in [0.2, 0.25) is 0 Å². The third-order valence-electron chi connectivity index (χ3n) is 11.4. The molecular formula is C50H36N2S. The Morgan fingerprint density at radius 1 is 0.698 bits per heavy atom. The van der Waals surface area contributed by atoms with Crippen LogP contribution in [0, 0.1) is 5.92 Å². The number of aromatic nitrogens is 1. The fraction of sp³-hybridized carbons (Fsp3) is 0.0800. The summed E-state index contributed by atoms with van der Waals surface area (Å²) in [6.45, 7) is 0. The molecule has 0 saturated carbocycles. The smallest absolute Gasteiger partial charge is 0.0537 e. The molecule has 2 nitrogen and oxygen atoms in total. The molecule has 3 aliphatic rings. The van der Waals surface area contributed by atoms with Gasteiger partial charge in [0.15, 0.2) is 0 Å². The zero-order valence-electron chi connectivity index (χ0n) is 29.2. The largest absolute Gasteiger partial charge is 0.314 e. The average Bonchev–Trinajstić information content (AvgIpc) is 3.76. The highest BCUT2D eigenvalue weighted by Crippen LogP contribution is 2.46. The summed E-state index contributed by atoms with van der Waals surface area (Å²) in [5.41, 5.74) is 12.9. The summed E-state index contributed by atoms with van der Waals surface area (Å²) in [7, 11) is 0. The second-order valence-electron chi connectivity index (χ2n) is 14.4. The van der Waals surface area contributed by atoms with Crippen molar-refractivity contribution in [3.8, 4) is 16.8 Å². The Labute approximate surface area is 313 Å². The summed E-state index contributed by atoms with van der Waals surface area (Å²) in [4.78, 5) is 2.47. The van der Waals surface area contributed by atoms with E-state index in [2.05, 4.69) is 185 Å². The van der Waals surface area contributed by atoms with Crippen LogP contribution in [0.5, 0.6) is 0 Å². The van der Waals surface area contributed by atoms with E-state index >= 15 is 0 Å². The van der Waals surface area contributed by atoms with Gasteiger partial charge in [0.1, 0.15) is 0 Å². The standard InChI is InChI=1S/C50H36N2S/c1-2-17-37(18-3-1)51(46-23-12-16-33-13-6-7-19-40(33)46)38-27-25-34(26-28-38)43-31-39(32-45-42-21-9-11-24-49(42)53-50(43)45)52-47-22-10-8-20-41(47)44-29-35-14-4-5-15-36(35)30-48(44)52/h1-2,4-17,19-29,31-32,36H,3,18,30H2. The first-order chi connectivity index (χ1) is 26.3. The molecule has 0 amide bonds. The third-order valence-corrected chi connectivity index (χ3v) is 12.6. The number of hydrogen-bond donors (Lipinski definition) is 0. The first kappa shape index (κ1) is 30.5. The van der Waals surface area contributed by atoms with Crippen molar-refractivity contribution >= 4 is 70.6 Å². The molecule has 0 bridgehead atoms. The van der Waals surface area contributed by atoms with Crippen molar-refractivity contribution in [2.24, 2.45) is 5.92 Å². The van der Waals surface area contributed by atoms with Crippen LogP contribution in [0.1, 0.15) is 24.1 Å². The number of fused-ring (bicyclic) bond motifs is 8. The maximum Gasteiger partial charge on any atom is 0.0537 e. The summed E-state index contributed by atoms with van der Waals surface area (Å²) in [6.07, 6.45) is 21.2. The van der Waals surface area contributed by atoms with Crippen LogP contribution in [0.4, 0.5) is 11.4 Å². The minimum atomic E-state index is 0.396. The number of hydrogen-bond acceptors (Lipinski definition) is 2. The SMILES string of the molecule is C1=CCCC(N(c2ccc(-c3cc(-n4c5c(c6ccccc64)C=C4C=CC=CC4C5)cc4c3sc3ccccc34)cc2)c2cccc3ccccc23)=C1. The Hall–Kier alpha value is -6.16. The lowest BCUT2D eigenvalue weighted by atomic mass is 9.83. The van der Waals surface area contributed by atoms with E-state index in [-0.39, 0.29) is 0 Å². The van der Waals surface area contributed by atoms with Gasteiger partial charge in [-0.05, 0) is 90.4 Å². The van der Waals surface area contributed by atoms with E-state index in [0.29, 0.717) is 5.92 Å². The molecule has 0 N–H and O–H groups in total. The summed E-state index contributed by atoms with van der Waals surface area (Å²) in [5.74, 6) is 0.396. The minimum Gasteiger partial charge on any atom is -0.314 e. The highest BCUT2D eigenvalue weighted by molar-refractivity contribution is 7.26. The second kappa shape index (κ2) is 12.2. The van der Waals surface area contributed by atoms with Crippen LogP contribution in [0.3, 0.4) is 0 Å². The van der Waals surface area contributed by atoms with Gasteiger partial charge in [0, 0.05) is 70.8 Å². The Morgan fingerprint density at radius 2 is 1.51 bits per heavy atom. The summed E-state index contributed by atoms with van der Waals surface area (Å²) >= 11 is 1.91. The molecule has 53 heavy (non-hydrogen) atoms. The highest BCUT2D eigenvalue weighted by atomic mass is 32.1. The van der Waals surface area contributed by atoms with Gasteiger partial charge in [-0.25, -0.2) is 0 Å². The van der Waals surface area contributed by atoms with Crippen molar-refractivity contribution in [2.45, 2.75) is 19.3 Å². The van der Waals surface area contributed by atoms with Gasteiger partial charge >= 0.3 is 0 Å². The van der Waals surface area contributed by atoms with Crippen LogP contribution in [-0.4, -0.2) is 4.57 Å². The molecule has 8 aromatic rings. The highest BCUT2D eigenvalue weighted by Gasteiger charge is 2.27. The van der Waals surface area contributed by atoms with Crippen LogP contribution in [-0.2, 0) is 6.42 Å². The first-order valence-electron chi connectivity index (χ1n) is 18.7. The van der Waals surface area contributed by atoms with Gasteiger partial charge in [0.2, 0.25) is 0 Å². The molecule has 11 rings (SSSR count). The number of nitrogens with zero attached hydrogens (tertiary/aromatic N) is 2. The second-order valence-corrected chi connectivity index (χ2v) is 15.4. The van der Waals surface area contributed by atoms with Gasteiger partial charge in [-0.3, -0.25) is 0 Å². The minimum absolute atomic E-state index is 0.396. The van der Waals surface area contributed by atoms with Crippen molar-refractivity contribution in [1.29, 1.82) is 0 Å². The molecule has 2 heterocycles. The quantitative estimate of drug-likeness (QED) is 0.174. The molecule has 2 aromatic heterocycles. The maximum atomic E-state index is 2.55. The van der Waals surface area contributed by atoms with Gasteiger partial charge < -0.3 is 9.47 Å². The Kier molecular flexibility index (Phi) is 7.03. The van der Waals surface area contributed by atoms with Crippen molar-refractivity contribution in [1.82, 2.24) is 4.57 Å². The lowest BCUT2D eigenvalue weighted by Gasteiger charge is -2.30. The Morgan fingerprint density at radius 3 is 2.40 bits per heavy atom. The fourth-order valence-corrected chi connectivity index (χ4v) is 10.1. The van der Waals surface area contributed by atoms with E-state index in [1.807, 2.05) is 11.3 Å². The first-order valence-corrected chi connectivity index (χ1v) is 19.5. The van der Waals surface area contributed by atoms with Gasteiger partial charge in [-0.1, -0.05) is 121 Å². The Bertz CT molecular complexity index is 2920. The lowest BCUT2D eigenvalue weighted by molar-refractivity contribution is 0.726. The lowest BCUT2D eigenvalue weighted by Crippen LogP contribution is -2.17. The monoisotopic (exact) mass is 696 g/mol. The molecule has 3 aliphatic carbocycles. The van der Waals surface area contributed by atoms with Crippen molar-refractivity contribution in [3.63, 3.8) is 0 Å². The number of para-hydroxylation sites is 1. The van der Waals surface area contributed by atoms with Crippen LogP contribution in [0.25, 0.3) is 64.7 Å². The summed E-state index contributed by atoms with van der Waals surface area (Å²) in [5, 5.41) is 6.47. The van der Waals surface area contributed by atoms with Crippen LogP contribution in [0.15, 0.2) is 181 Å². The van der Waals surface area contributed by atoms with Crippen LogP contribution >= 0.6 is 11.3 Å². The average molecular weight is 697 g/mol. The summed E-state index contributed by atoms with van der Waals surface area (Å²) < 4.78 is 5.21. The third kappa shape index (κ3) is 4.92. The van der Waals surface area contributed by atoms with Gasteiger partial charge in [0.25, 0.3) is 0 Å². The van der Waals surface area contributed by atoms with E-state index in [4.69, 9.17) is 0 Å². The Balaban J connectivity index is 1.11. The predicted octanol–water partition coefficient (Wildman–Crippen LogP) is 13.9. The molecule has 3 heteroatoms. The molecule has 0 radical (unpaired) electrons. The van der Waals surface area contributed by atoms with Gasteiger partial charge in [-0.15, -0.1) is 11.3 Å². The molecule has 0 aliphatic heterocycles. The molecule has 6 aromatic carbocycles. The molecule has 1 atom stereocenters. The molecular weight excluding hydrogens is 661 g/mol. The van der Waals surface area contributed by atoms with Gasteiger partial charge in [0.05, 0.1) is 11.2 Å². The molecule has 0 fully saturated rings. The summed E-state index contributed by atoms with van der Waals surface area (Å²) in [6, 6.07) is 47.5. The number of benzene rings is 6. The normalized spacial score (nSPS) is 16.3. The van der Waals surface area contributed by atoms with E-state index in [0.717, 1.165) is 19.3 Å². The number of thiophene rings is 1. The van der Waals surface area contributed by atoms with E-state index in [1.54, 1.807) is 0 Å². The van der Waals surface area contributed by atoms with Crippen molar-refractivity contribution < 1.29 is 0 Å². The van der Waals surface area contributed by atoms with E-state index in [9.17, 15) is 0 Å². The molecule has 1 unspecified atom stereocenters. The number of rotatable bonds is 5. The molecule has 0 saturated heterocycles. The predicted molar refractivity (Wildman–Crippen MR) is 228 cm³/mol. The molecule has 0 spiro atoms. The maximum absolute atomic E-state index is 2.55. The van der Waals surface area contributed by atoms with E-state index in [1.165, 1.54) is 92.6 Å². The zero-order valence-corrected chi connectivity index (χ0v) is 30.1.